The largest absolute Gasteiger partial charge is 0.495 e. The van der Waals surface area contributed by atoms with Crippen molar-refractivity contribution >= 4 is 31.9 Å². The van der Waals surface area contributed by atoms with Crippen LogP contribution in [0.1, 0.15) is 0 Å². The molecular weight excluding hydrogens is 262 g/mol. The number of hydrogen-bond acceptors (Lipinski definition) is 2. The Morgan fingerprint density at radius 2 is 2.20 bits per heavy atom. The van der Waals surface area contributed by atoms with Crippen molar-refractivity contribution in [2.45, 2.75) is 0 Å². The van der Waals surface area contributed by atoms with Crippen LogP contribution in [-0.2, 0) is 0 Å². The van der Waals surface area contributed by atoms with Gasteiger partial charge in [-0.2, -0.15) is 0 Å². The minimum atomic E-state index is 0.756. The van der Waals surface area contributed by atoms with Crippen molar-refractivity contribution in [3.8, 4) is 5.75 Å². The van der Waals surface area contributed by atoms with Crippen LogP contribution in [-0.4, -0.2) is 12.1 Å². The van der Waals surface area contributed by atoms with E-state index in [9.17, 15) is 0 Å². The molecule has 0 bridgehead atoms. The van der Waals surface area contributed by atoms with Crippen LogP contribution in [0.2, 0.25) is 0 Å². The van der Waals surface area contributed by atoms with Gasteiger partial charge in [0.25, 0.3) is 0 Å². The smallest absolute Gasteiger partial charge is 0.137 e. The molecule has 2 nitrogen and oxygen atoms in total. The lowest BCUT2D eigenvalue weighted by Crippen LogP contribution is -1.85. The SMILES string of the molecule is COc1ccnc(Br)c1Br. The minimum absolute atomic E-state index is 0.756. The summed E-state index contributed by atoms with van der Waals surface area (Å²) in [6.07, 6.45) is 1.67. The van der Waals surface area contributed by atoms with E-state index in [1.165, 1.54) is 0 Å². The van der Waals surface area contributed by atoms with Gasteiger partial charge in [-0.3, -0.25) is 0 Å². The van der Waals surface area contributed by atoms with Crippen LogP contribution in [0.15, 0.2) is 21.3 Å². The Bertz CT molecular complexity index is 239. The van der Waals surface area contributed by atoms with Gasteiger partial charge in [0.15, 0.2) is 0 Å². The molecule has 1 aromatic rings. The van der Waals surface area contributed by atoms with Crippen LogP contribution >= 0.6 is 31.9 Å². The highest BCUT2D eigenvalue weighted by Crippen LogP contribution is 2.29. The molecule has 0 fully saturated rings. The summed E-state index contributed by atoms with van der Waals surface area (Å²) in [5, 5.41) is 0. The monoisotopic (exact) mass is 265 g/mol. The van der Waals surface area contributed by atoms with Gasteiger partial charge in [-0.25, -0.2) is 4.98 Å². The summed E-state index contributed by atoms with van der Waals surface area (Å²) in [7, 11) is 1.62. The predicted octanol–water partition coefficient (Wildman–Crippen LogP) is 2.62. The highest BCUT2D eigenvalue weighted by Gasteiger charge is 2.02. The van der Waals surface area contributed by atoms with E-state index >= 15 is 0 Å². The number of nitrogens with zero attached hydrogens (tertiary/aromatic N) is 1. The number of hydrogen-bond donors (Lipinski definition) is 0. The Balaban J connectivity index is 3.14. The number of halogens is 2. The molecule has 0 N–H and O–H groups in total. The van der Waals surface area contributed by atoms with Crippen molar-refractivity contribution in [2.75, 3.05) is 7.11 Å². The molecule has 0 aliphatic rings. The van der Waals surface area contributed by atoms with Gasteiger partial charge in [-0.1, -0.05) is 0 Å². The molecule has 1 rings (SSSR count). The molecule has 0 spiro atoms. The van der Waals surface area contributed by atoms with Crippen molar-refractivity contribution < 1.29 is 4.74 Å². The van der Waals surface area contributed by atoms with E-state index in [4.69, 9.17) is 4.74 Å². The van der Waals surface area contributed by atoms with Crippen LogP contribution in [0, 0.1) is 0 Å². The quantitative estimate of drug-likeness (QED) is 0.729. The molecule has 0 radical (unpaired) electrons. The maximum absolute atomic E-state index is 5.01. The Kier molecular flexibility index (Phi) is 2.68. The summed E-state index contributed by atoms with van der Waals surface area (Å²) >= 11 is 6.55. The fourth-order valence-electron chi connectivity index (χ4n) is 0.560. The summed E-state index contributed by atoms with van der Waals surface area (Å²) in [5.74, 6) is 0.780. The van der Waals surface area contributed by atoms with Crippen molar-refractivity contribution in [1.29, 1.82) is 0 Å². The summed E-state index contributed by atoms with van der Waals surface area (Å²) in [5.41, 5.74) is 0. The summed E-state index contributed by atoms with van der Waals surface area (Å²) in [4.78, 5) is 3.98. The number of ether oxygens (including phenoxy) is 1. The first-order valence-electron chi connectivity index (χ1n) is 2.59. The van der Waals surface area contributed by atoms with E-state index < -0.39 is 0 Å². The van der Waals surface area contributed by atoms with Crippen molar-refractivity contribution in [3.63, 3.8) is 0 Å². The minimum Gasteiger partial charge on any atom is -0.495 e. The van der Waals surface area contributed by atoms with E-state index in [1.807, 2.05) is 0 Å². The maximum Gasteiger partial charge on any atom is 0.137 e. The molecule has 0 aliphatic heterocycles. The third kappa shape index (κ3) is 1.49. The zero-order valence-corrected chi connectivity index (χ0v) is 8.44. The molecule has 0 aliphatic carbocycles. The Hall–Kier alpha value is -0.0900. The molecule has 0 amide bonds. The lowest BCUT2D eigenvalue weighted by molar-refractivity contribution is 0.411. The number of methoxy groups -OCH3 is 1. The summed E-state index contributed by atoms with van der Waals surface area (Å²) < 4.78 is 6.61. The first-order valence-corrected chi connectivity index (χ1v) is 4.18. The molecular formula is C6H5Br2NO. The van der Waals surface area contributed by atoms with E-state index in [0.717, 1.165) is 14.8 Å². The molecule has 0 atom stereocenters. The molecule has 0 saturated heterocycles. The lowest BCUT2D eigenvalue weighted by atomic mass is 10.5. The highest BCUT2D eigenvalue weighted by molar-refractivity contribution is 9.13. The van der Waals surface area contributed by atoms with Gasteiger partial charge in [0.1, 0.15) is 10.4 Å². The van der Waals surface area contributed by atoms with Gasteiger partial charge in [0.2, 0.25) is 0 Å². The van der Waals surface area contributed by atoms with Gasteiger partial charge in [0, 0.05) is 6.20 Å². The molecule has 0 saturated carbocycles. The van der Waals surface area contributed by atoms with E-state index in [-0.39, 0.29) is 0 Å². The average molecular weight is 267 g/mol. The van der Waals surface area contributed by atoms with Gasteiger partial charge in [0.05, 0.1) is 11.6 Å². The standard InChI is InChI=1S/C6H5Br2NO/c1-10-4-2-3-9-6(8)5(4)7/h2-3H,1H3. The normalized spacial score (nSPS) is 9.50. The fourth-order valence-corrected chi connectivity index (χ4v) is 1.27. The second kappa shape index (κ2) is 3.34. The molecule has 0 unspecified atom stereocenters. The van der Waals surface area contributed by atoms with Gasteiger partial charge in [-0.15, -0.1) is 0 Å². The Morgan fingerprint density at radius 3 is 2.70 bits per heavy atom. The highest BCUT2D eigenvalue weighted by atomic mass is 79.9. The third-order valence-electron chi connectivity index (χ3n) is 1.03. The molecule has 4 heteroatoms. The van der Waals surface area contributed by atoms with E-state index in [1.54, 1.807) is 19.4 Å². The second-order valence-electron chi connectivity index (χ2n) is 1.62. The number of pyridine rings is 1. The molecule has 1 heterocycles. The molecule has 1 aromatic heterocycles. The van der Waals surface area contributed by atoms with Crippen molar-refractivity contribution in [3.05, 3.63) is 21.3 Å². The van der Waals surface area contributed by atoms with Crippen LogP contribution in [0.3, 0.4) is 0 Å². The zero-order chi connectivity index (χ0) is 7.56. The van der Waals surface area contributed by atoms with Crippen LogP contribution < -0.4 is 4.74 Å². The zero-order valence-electron chi connectivity index (χ0n) is 5.27. The topological polar surface area (TPSA) is 22.1 Å². The Morgan fingerprint density at radius 1 is 1.50 bits per heavy atom. The average Bonchev–Trinajstić information content (AvgIpc) is 1.95. The predicted molar refractivity (Wildman–Crippen MR) is 46.2 cm³/mol. The van der Waals surface area contributed by atoms with Gasteiger partial charge >= 0.3 is 0 Å². The Labute approximate surface area is 75.9 Å². The van der Waals surface area contributed by atoms with Crippen LogP contribution in [0.5, 0.6) is 5.75 Å². The summed E-state index contributed by atoms with van der Waals surface area (Å²) in [6, 6.07) is 1.79. The van der Waals surface area contributed by atoms with Crippen molar-refractivity contribution in [2.24, 2.45) is 0 Å². The first-order chi connectivity index (χ1) is 4.75. The molecule has 54 valence electrons. The first kappa shape index (κ1) is 8.01. The molecule has 0 aromatic carbocycles. The van der Waals surface area contributed by atoms with Crippen molar-refractivity contribution in [1.82, 2.24) is 4.98 Å². The summed E-state index contributed by atoms with van der Waals surface area (Å²) in [6.45, 7) is 0. The van der Waals surface area contributed by atoms with Gasteiger partial charge in [-0.05, 0) is 37.9 Å². The van der Waals surface area contributed by atoms with E-state index in [0.29, 0.717) is 0 Å². The van der Waals surface area contributed by atoms with Crippen LogP contribution in [0.25, 0.3) is 0 Å². The van der Waals surface area contributed by atoms with Gasteiger partial charge < -0.3 is 4.74 Å². The fraction of sp³-hybridized carbons (Fsp3) is 0.167. The lowest BCUT2D eigenvalue weighted by Gasteiger charge is -2.01. The second-order valence-corrected chi connectivity index (χ2v) is 3.16. The number of rotatable bonds is 1. The number of aromatic nitrogens is 1. The third-order valence-corrected chi connectivity index (χ3v) is 2.93. The van der Waals surface area contributed by atoms with E-state index in [2.05, 4.69) is 36.8 Å². The maximum atomic E-state index is 5.01. The van der Waals surface area contributed by atoms with Crippen LogP contribution in [0.4, 0.5) is 0 Å². The molecule has 10 heavy (non-hydrogen) atoms.